The third kappa shape index (κ3) is 5.50. The van der Waals surface area contributed by atoms with Crippen molar-refractivity contribution in [3.8, 4) is 5.75 Å². The minimum atomic E-state index is -4.61. The predicted molar refractivity (Wildman–Crippen MR) is 106 cm³/mol. The lowest BCUT2D eigenvalue weighted by Gasteiger charge is -2.22. The Morgan fingerprint density at radius 1 is 1.13 bits per heavy atom. The molecule has 0 fully saturated rings. The van der Waals surface area contributed by atoms with Crippen LogP contribution >= 0.6 is 0 Å². The number of hydrogen-bond acceptors (Lipinski definition) is 5. The van der Waals surface area contributed by atoms with E-state index in [4.69, 9.17) is 9.84 Å². The van der Waals surface area contributed by atoms with Crippen LogP contribution in [0.2, 0.25) is 0 Å². The van der Waals surface area contributed by atoms with Gasteiger partial charge in [0.1, 0.15) is 12.4 Å². The molecule has 9 heteroatoms. The van der Waals surface area contributed by atoms with Crippen LogP contribution in [0.4, 0.5) is 13.2 Å². The van der Waals surface area contributed by atoms with Crippen molar-refractivity contribution in [3.05, 3.63) is 59.9 Å². The number of nitrogens with zero attached hydrogens (tertiary/aromatic N) is 3. The number of hydrogen-bond donors (Lipinski definition) is 2. The Labute approximate surface area is 172 Å². The van der Waals surface area contributed by atoms with Crippen LogP contribution in [0.5, 0.6) is 5.75 Å². The molecule has 2 N–H and O–H groups in total. The van der Waals surface area contributed by atoms with Gasteiger partial charge in [-0.1, -0.05) is 24.3 Å². The first-order valence-electron chi connectivity index (χ1n) is 9.49. The normalized spacial score (nSPS) is 13.2. The summed E-state index contributed by atoms with van der Waals surface area (Å²) in [5.74, 6) is -0.369. The fourth-order valence-electron chi connectivity index (χ4n) is 3.34. The summed E-state index contributed by atoms with van der Waals surface area (Å²) >= 11 is 0. The highest BCUT2D eigenvalue weighted by Crippen LogP contribution is 2.31. The second kappa shape index (κ2) is 9.46. The van der Waals surface area contributed by atoms with Crippen molar-refractivity contribution in [2.45, 2.75) is 25.4 Å². The predicted octanol–water partition coefficient (Wildman–Crippen LogP) is 2.92. The molecule has 3 rings (SSSR count). The summed E-state index contributed by atoms with van der Waals surface area (Å²) in [6, 6.07) is 13.6. The molecule has 0 aliphatic rings. The molecule has 162 valence electrons. The molecule has 1 aromatic heterocycles. The number of likely N-dealkylation sites (N-methyl/N-ethyl adjacent to an activating group) is 1. The number of aliphatic hydroxyl groups is 2. The standard InChI is InChI=1S/C21H24F3N3O3/c1-26(12-15-6-8-17(9-7-15)30-11-10-28)13-16(29)14-27-19-5-3-2-4-18(19)25-20(27)21(22,23)24/h2-9,16,28-29H,10-14H2,1H3/t16-/m0/s1. The molecule has 0 bridgehead atoms. The van der Waals surface area contributed by atoms with Crippen molar-refractivity contribution in [1.29, 1.82) is 0 Å². The topological polar surface area (TPSA) is 70.8 Å². The highest BCUT2D eigenvalue weighted by molar-refractivity contribution is 5.76. The Hall–Kier alpha value is -2.62. The Balaban J connectivity index is 1.65. The number of imidazole rings is 1. The number of halogens is 3. The third-order valence-electron chi connectivity index (χ3n) is 4.56. The molecular weight excluding hydrogens is 399 g/mol. The largest absolute Gasteiger partial charge is 0.491 e. The van der Waals surface area contributed by atoms with E-state index in [0.29, 0.717) is 17.8 Å². The van der Waals surface area contributed by atoms with Crippen LogP contribution in [0.15, 0.2) is 48.5 Å². The van der Waals surface area contributed by atoms with Crippen LogP contribution in [0.25, 0.3) is 11.0 Å². The maximum atomic E-state index is 13.4. The number of fused-ring (bicyclic) bond motifs is 1. The molecule has 0 spiro atoms. The second-order valence-corrected chi connectivity index (χ2v) is 7.10. The highest BCUT2D eigenvalue weighted by atomic mass is 19.4. The van der Waals surface area contributed by atoms with Crippen molar-refractivity contribution in [2.75, 3.05) is 26.8 Å². The van der Waals surface area contributed by atoms with E-state index in [2.05, 4.69) is 4.98 Å². The molecule has 6 nitrogen and oxygen atoms in total. The number of aliphatic hydroxyl groups excluding tert-OH is 2. The molecule has 0 saturated carbocycles. The second-order valence-electron chi connectivity index (χ2n) is 7.10. The summed E-state index contributed by atoms with van der Waals surface area (Å²) in [6.45, 7) is 0.632. The zero-order valence-corrected chi connectivity index (χ0v) is 16.5. The first-order valence-corrected chi connectivity index (χ1v) is 9.49. The van der Waals surface area contributed by atoms with E-state index in [1.165, 1.54) is 6.07 Å². The van der Waals surface area contributed by atoms with E-state index in [1.54, 1.807) is 37.4 Å². The van der Waals surface area contributed by atoms with Gasteiger partial charge >= 0.3 is 6.18 Å². The molecule has 2 aromatic carbocycles. The SMILES string of the molecule is CN(Cc1ccc(OCCO)cc1)C[C@H](O)Cn1c(C(F)(F)F)nc2ccccc21. The molecule has 0 aliphatic heterocycles. The van der Waals surface area contributed by atoms with Gasteiger partial charge in [0.25, 0.3) is 0 Å². The van der Waals surface area contributed by atoms with Crippen LogP contribution in [0, 0.1) is 0 Å². The van der Waals surface area contributed by atoms with Crippen LogP contribution in [-0.4, -0.2) is 57.6 Å². The quantitative estimate of drug-likeness (QED) is 0.554. The van der Waals surface area contributed by atoms with E-state index >= 15 is 0 Å². The third-order valence-corrected chi connectivity index (χ3v) is 4.56. The average molecular weight is 423 g/mol. The summed E-state index contributed by atoms with van der Waals surface area (Å²) in [6.07, 6.45) is -5.62. The zero-order chi connectivity index (χ0) is 21.7. The zero-order valence-electron chi connectivity index (χ0n) is 16.5. The van der Waals surface area contributed by atoms with Gasteiger partial charge in [-0.05, 0) is 36.9 Å². The molecule has 0 unspecified atom stereocenters. The van der Waals surface area contributed by atoms with Gasteiger partial charge in [-0.25, -0.2) is 4.98 Å². The van der Waals surface area contributed by atoms with Crippen molar-refractivity contribution in [2.24, 2.45) is 0 Å². The summed E-state index contributed by atoms with van der Waals surface area (Å²) in [7, 11) is 1.79. The number of para-hydroxylation sites is 2. The maximum absolute atomic E-state index is 13.4. The molecule has 3 aromatic rings. The Kier molecular flexibility index (Phi) is 6.96. The lowest BCUT2D eigenvalue weighted by Crippen LogP contribution is -2.32. The minimum Gasteiger partial charge on any atom is -0.491 e. The average Bonchev–Trinajstić information content (AvgIpc) is 3.06. The number of alkyl halides is 3. The first-order chi connectivity index (χ1) is 14.3. The summed E-state index contributed by atoms with van der Waals surface area (Å²) in [5.41, 5.74) is 1.55. The molecule has 30 heavy (non-hydrogen) atoms. The van der Waals surface area contributed by atoms with Crippen molar-refractivity contribution >= 4 is 11.0 Å². The van der Waals surface area contributed by atoms with Gasteiger partial charge < -0.3 is 19.5 Å². The van der Waals surface area contributed by atoms with E-state index in [9.17, 15) is 18.3 Å². The van der Waals surface area contributed by atoms with Crippen LogP contribution < -0.4 is 4.74 Å². The number of ether oxygens (including phenoxy) is 1. The smallest absolute Gasteiger partial charge is 0.449 e. The van der Waals surface area contributed by atoms with E-state index in [-0.39, 0.29) is 31.8 Å². The van der Waals surface area contributed by atoms with Crippen LogP contribution in [-0.2, 0) is 19.3 Å². The van der Waals surface area contributed by atoms with Gasteiger partial charge in [0, 0.05) is 13.1 Å². The van der Waals surface area contributed by atoms with E-state index in [1.807, 2.05) is 17.0 Å². The Morgan fingerprint density at radius 3 is 2.50 bits per heavy atom. The fraction of sp³-hybridized carbons (Fsp3) is 0.381. The molecule has 0 aliphatic carbocycles. The Bertz CT molecular complexity index is 958. The molecule has 1 heterocycles. The van der Waals surface area contributed by atoms with Gasteiger partial charge in [0.2, 0.25) is 5.82 Å². The number of benzene rings is 2. The van der Waals surface area contributed by atoms with E-state index < -0.39 is 18.1 Å². The molecular formula is C21H24F3N3O3. The van der Waals surface area contributed by atoms with Gasteiger partial charge in [-0.15, -0.1) is 0 Å². The fourth-order valence-corrected chi connectivity index (χ4v) is 3.34. The van der Waals surface area contributed by atoms with Crippen LogP contribution in [0.1, 0.15) is 11.4 Å². The molecule has 0 amide bonds. The van der Waals surface area contributed by atoms with E-state index in [0.717, 1.165) is 10.1 Å². The van der Waals surface area contributed by atoms with Gasteiger partial charge in [-0.3, -0.25) is 4.90 Å². The monoisotopic (exact) mass is 423 g/mol. The maximum Gasteiger partial charge on any atom is 0.449 e. The van der Waals surface area contributed by atoms with Crippen LogP contribution in [0.3, 0.4) is 0 Å². The van der Waals surface area contributed by atoms with Crippen molar-refractivity contribution in [1.82, 2.24) is 14.5 Å². The molecule has 0 radical (unpaired) electrons. The van der Waals surface area contributed by atoms with Gasteiger partial charge in [0.15, 0.2) is 0 Å². The molecule has 1 atom stereocenters. The first kappa shape index (κ1) is 22.1. The Morgan fingerprint density at radius 2 is 1.83 bits per heavy atom. The lowest BCUT2D eigenvalue weighted by molar-refractivity contribution is -0.147. The van der Waals surface area contributed by atoms with Gasteiger partial charge in [0.05, 0.1) is 30.3 Å². The number of aromatic nitrogens is 2. The van der Waals surface area contributed by atoms with Crippen molar-refractivity contribution in [3.63, 3.8) is 0 Å². The minimum absolute atomic E-state index is 0.0648. The number of rotatable bonds is 9. The lowest BCUT2D eigenvalue weighted by atomic mass is 10.2. The molecule has 0 saturated heterocycles. The summed E-state index contributed by atoms with van der Waals surface area (Å²) < 4.78 is 46.5. The van der Waals surface area contributed by atoms with Crippen molar-refractivity contribution < 1.29 is 28.1 Å². The summed E-state index contributed by atoms with van der Waals surface area (Å²) in [4.78, 5) is 5.53. The highest BCUT2D eigenvalue weighted by Gasteiger charge is 2.37. The summed E-state index contributed by atoms with van der Waals surface area (Å²) in [5, 5.41) is 19.2. The van der Waals surface area contributed by atoms with Gasteiger partial charge in [-0.2, -0.15) is 13.2 Å².